The van der Waals surface area contributed by atoms with Crippen molar-refractivity contribution >= 4 is 35.4 Å². The van der Waals surface area contributed by atoms with E-state index in [9.17, 15) is 9.59 Å². The van der Waals surface area contributed by atoms with E-state index < -0.39 is 18.5 Å². The Morgan fingerprint density at radius 3 is 2.71 bits per heavy atom. The van der Waals surface area contributed by atoms with E-state index in [0.29, 0.717) is 5.02 Å². The van der Waals surface area contributed by atoms with Crippen molar-refractivity contribution in [3.8, 4) is 0 Å². The number of rotatable bonds is 5. The third-order valence-corrected chi connectivity index (χ3v) is 2.58. The van der Waals surface area contributed by atoms with E-state index in [1.54, 1.807) is 30.3 Å². The van der Waals surface area contributed by atoms with Gasteiger partial charge in [-0.05, 0) is 23.8 Å². The van der Waals surface area contributed by atoms with E-state index in [1.165, 1.54) is 18.4 Å². The van der Waals surface area contributed by atoms with Gasteiger partial charge in [0.2, 0.25) is 0 Å². The number of hydrogen-bond acceptors (Lipinski definition) is 5. The van der Waals surface area contributed by atoms with Crippen LogP contribution in [0.5, 0.6) is 0 Å². The van der Waals surface area contributed by atoms with Crippen molar-refractivity contribution in [2.75, 3.05) is 11.9 Å². The molecule has 1 N–H and O–H groups in total. The Morgan fingerprint density at radius 1 is 1.29 bits per heavy atom. The second-order valence-corrected chi connectivity index (χ2v) is 4.36. The van der Waals surface area contributed by atoms with Gasteiger partial charge in [-0.25, -0.2) is 4.79 Å². The summed E-state index contributed by atoms with van der Waals surface area (Å²) in [6.07, 6.45) is 4.11. The molecule has 0 saturated heterocycles. The standard InChI is InChI=1S/C14H11ClN2O4/c15-11-4-1-10(2-5-11)3-6-14(19)20-9-13(18)16-12-7-8-21-17-12/h1-8H,9H2,(H,16,17,18)/b6-3+. The van der Waals surface area contributed by atoms with Gasteiger partial charge in [0.05, 0.1) is 0 Å². The predicted octanol–water partition coefficient (Wildman–Crippen LogP) is 2.52. The van der Waals surface area contributed by atoms with Gasteiger partial charge in [0.1, 0.15) is 6.26 Å². The molecule has 0 saturated carbocycles. The minimum atomic E-state index is -0.625. The first-order valence-corrected chi connectivity index (χ1v) is 6.32. The summed E-state index contributed by atoms with van der Waals surface area (Å²) in [4.78, 5) is 22.9. The molecule has 0 atom stereocenters. The SMILES string of the molecule is O=C(COC(=O)/C=C/c1ccc(Cl)cc1)Nc1ccon1. The number of ether oxygens (including phenoxy) is 1. The van der Waals surface area contributed by atoms with Crippen LogP contribution in [-0.4, -0.2) is 23.6 Å². The van der Waals surface area contributed by atoms with E-state index in [0.717, 1.165) is 5.56 Å². The lowest BCUT2D eigenvalue weighted by Crippen LogP contribution is -2.20. The van der Waals surface area contributed by atoms with Crippen LogP contribution in [0.4, 0.5) is 5.82 Å². The van der Waals surface area contributed by atoms with Crippen molar-refractivity contribution in [3.63, 3.8) is 0 Å². The monoisotopic (exact) mass is 306 g/mol. The zero-order valence-electron chi connectivity index (χ0n) is 10.8. The number of esters is 1. The largest absolute Gasteiger partial charge is 0.452 e. The van der Waals surface area contributed by atoms with Crippen LogP contribution >= 0.6 is 11.6 Å². The second-order valence-electron chi connectivity index (χ2n) is 3.93. The number of amides is 1. The summed E-state index contributed by atoms with van der Waals surface area (Å²) in [5.41, 5.74) is 0.795. The zero-order chi connectivity index (χ0) is 15.1. The zero-order valence-corrected chi connectivity index (χ0v) is 11.5. The molecule has 0 aliphatic rings. The Bertz CT molecular complexity index is 636. The molecular weight excluding hydrogens is 296 g/mol. The molecule has 108 valence electrons. The summed E-state index contributed by atoms with van der Waals surface area (Å²) in [5, 5.41) is 6.50. The molecule has 21 heavy (non-hydrogen) atoms. The fraction of sp³-hybridized carbons (Fsp3) is 0.0714. The van der Waals surface area contributed by atoms with Crippen LogP contribution in [0.3, 0.4) is 0 Å². The normalized spacial score (nSPS) is 10.5. The van der Waals surface area contributed by atoms with Gasteiger partial charge < -0.3 is 14.6 Å². The predicted molar refractivity (Wildman–Crippen MR) is 76.6 cm³/mol. The van der Waals surface area contributed by atoms with Crippen LogP contribution in [0.2, 0.25) is 5.02 Å². The maximum Gasteiger partial charge on any atom is 0.331 e. The molecule has 0 aliphatic carbocycles. The number of nitrogens with one attached hydrogen (secondary N) is 1. The molecule has 0 fully saturated rings. The summed E-state index contributed by atoms with van der Waals surface area (Å²) < 4.78 is 9.32. The summed E-state index contributed by atoms with van der Waals surface area (Å²) >= 11 is 5.75. The Morgan fingerprint density at radius 2 is 2.05 bits per heavy atom. The lowest BCUT2D eigenvalue weighted by molar-refractivity contribution is -0.142. The van der Waals surface area contributed by atoms with Crippen LogP contribution in [0.15, 0.2) is 47.2 Å². The van der Waals surface area contributed by atoms with Crippen LogP contribution in [0.25, 0.3) is 6.08 Å². The number of benzene rings is 1. The highest BCUT2D eigenvalue weighted by Gasteiger charge is 2.06. The molecule has 1 amide bonds. The fourth-order valence-electron chi connectivity index (χ4n) is 1.38. The molecule has 0 unspecified atom stereocenters. The van der Waals surface area contributed by atoms with Gasteiger partial charge in [-0.1, -0.05) is 28.9 Å². The van der Waals surface area contributed by atoms with E-state index in [2.05, 4.69) is 15.0 Å². The van der Waals surface area contributed by atoms with E-state index in [1.807, 2.05) is 0 Å². The van der Waals surface area contributed by atoms with Gasteiger partial charge >= 0.3 is 5.97 Å². The Balaban J connectivity index is 1.76. The summed E-state index contributed by atoms with van der Waals surface area (Å²) in [7, 11) is 0. The van der Waals surface area contributed by atoms with Crippen LogP contribution in [-0.2, 0) is 14.3 Å². The number of anilines is 1. The molecule has 0 bridgehead atoms. The third kappa shape index (κ3) is 5.12. The van der Waals surface area contributed by atoms with Crippen molar-refractivity contribution < 1.29 is 18.8 Å². The molecule has 0 radical (unpaired) electrons. The summed E-state index contributed by atoms with van der Waals surface area (Å²) in [6, 6.07) is 8.39. The molecule has 1 aromatic heterocycles. The van der Waals surface area contributed by atoms with Gasteiger partial charge in [0.25, 0.3) is 5.91 Å². The molecule has 0 spiro atoms. The topological polar surface area (TPSA) is 81.4 Å². The minimum Gasteiger partial charge on any atom is -0.452 e. The average molecular weight is 307 g/mol. The average Bonchev–Trinajstić information content (AvgIpc) is 2.97. The van der Waals surface area contributed by atoms with Gasteiger partial charge in [-0.15, -0.1) is 0 Å². The number of hydrogen-bond donors (Lipinski definition) is 1. The molecule has 1 heterocycles. The Labute approximate surface area is 125 Å². The first-order valence-electron chi connectivity index (χ1n) is 5.94. The highest BCUT2D eigenvalue weighted by Crippen LogP contribution is 2.10. The summed E-state index contributed by atoms with van der Waals surface area (Å²) in [6.45, 7) is -0.406. The minimum absolute atomic E-state index is 0.257. The van der Waals surface area contributed by atoms with E-state index >= 15 is 0 Å². The fourth-order valence-corrected chi connectivity index (χ4v) is 1.50. The first kappa shape index (κ1) is 14.8. The smallest absolute Gasteiger partial charge is 0.331 e. The van der Waals surface area contributed by atoms with Crippen molar-refractivity contribution in [1.82, 2.24) is 5.16 Å². The van der Waals surface area contributed by atoms with E-state index in [4.69, 9.17) is 16.3 Å². The van der Waals surface area contributed by atoms with Crippen molar-refractivity contribution in [2.45, 2.75) is 0 Å². The van der Waals surface area contributed by atoms with Crippen molar-refractivity contribution in [2.24, 2.45) is 0 Å². The number of carbonyl (C=O) groups excluding carboxylic acids is 2. The van der Waals surface area contributed by atoms with E-state index in [-0.39, 0.29) is 5.82 Å². The van der Waals surface area contributed by atoms with Crippen LogP contribution in [0, 0.1) is 0 Å². The first-order chi connectivity index (χ1) is 10.1. The number of halogens is 1. The third-order valence-electron chi connectivity index (χ3n) is 2.33. The highest BCUT2D eigenvalue weighted by atomic mass is 35.5. The molecule has 0 aliphatic heterocycles. The molecule has 2 rings (SSSR count). The van der Waals surface area contributed by atoms with Crippen molar-refractivity contribution in [3.05, 3.63) is 53.3 Å². The van der Waals surface area contributed by atoms with Gasteiger partial charge in [0, 0.05) is 17.2 Å². The van der Waals surface area contributed by atoms with Crippen LogP contribution < -0.4 is 5.32 Å². The molecule has 6 nitrogen and oxygen atoms in total. The number of nitrogens with zero attached hydrogens (tertiary/aromatic N) is 1. The molecule has 1 aromatic carbocycles. The quantitative estimate of drug-likeness (QED) is 0.678. The molecule has 2 aromatic rings. The highest BCUT2D eigenvalue weighted by molar-refractivity contribution is 6.30. The maximum absolute atomic E-state index is 11.4. The molecule has 7 heteroatoms. The molecular formula is C14H11ClN2O4. The second kappa shape index (κ2) is 7.25. The number of carbonyl (C=O) groups is 2. The maximum atomic E-state index is 11.4. The van der Waals surface area contributed by atoms with Gasteiger partial charge in [0.15, 0.2) is 12.4 Å². The lowest BCUT2D eigenvalue weighted by Gasteiger charge is -2.01. The lowest BCUT2D eigenvalue weighted by atomic mass is 10.2. The Kier molecular flexibility index (Phi) is 5.11. The van der Waals surface area contributed by atoms with Gasteiger partial charge in [-0.2, -0.15) is 0 Å². The number of aromatic nitrogens is 1. The Hall–Kier alpha value is -2.60. The van der Waals surface area contributed by atoms with Gasteiger partial charge in [-0.3, -0.25) is 4.79 Å². The van der Waals surface area contributed by atoms with Crippen LogP contribution in [0.1, 0.15) is 5.56 Å². The summed E-state index contributed by atoms with van der Waals surface area (Å²) in [5.74, 6) is -0.870. The van der Waals surface area contributed by atoms with Crippen molar-refractivity contribution in [1.29, 1.82) is 0 Å².